The van der Waals surface area contributed by atoms with Crippen molar-refractivity contribution in [1.29, 1.82) is 0 Å². The second-order valence-corrected chi connectivity index (χ2v) is 4.77. The quantitative estimate of drug-likeness (QED) is 0.851. The van der Waals surface area contributed by atoms with Gasteiger partial charge in [-0.1, -0.05) is 0 Å². The number of aromatic nitrogens is 3. The van der Waals surface area contributed by atoms with Crippen molar-refractivity contribution in [2.75, 3.05) is 13.6 Å². The Hall–Kier alpha value is -1.88. The second kappa shape index (κ2) is 6.52. The largest absolute Gasteiger partial charge is 0.320 e. The topological polar surface area (TPSA) is 50.7 Å². The molecule has 0 atom stereocenters. The fourth-order valence-electron chi connectivity index (χ4n) is 2.17. The van der Waals surface area contributed by atoms with Gasteiger partial charge in [0.25, 0.3) is 0 Å². The molecule has 20 heavy (non-hydrogen) atoms. The van der Waals surface area contributed by atoms with E-state index in [9.17, 15) is 4.39 Å². The van der Waals surface area contributed by atoms with Gasteiger partial charge in [0.05, 0.1) is 6.20 Å². The summed E-state index contributed by atoms with van der Waals surface area (Å²) in [5.41, 5.74) is 3.72. The number of hydrogen-bond acceptors (Lipinski definition) is 4. The third-order valence-electron chi connectivity index (χ3n) is 3.23. The predicted molar refractivity (Wildman–Crippen MR) is 76.9 cm³/mol. The van der Waals surface area contributed by atoms with E-state index in [1.165, 1.54) is 17.8 Å². The molecule has 0 unspecified atom stereocenters. The molecule has 0 aromatic carbocycles. The summed E-state index contributed by atoms with van der Waals surface area (Å²) in [4.78, 5) is 13.0. The molecule has 0 amide bonds. The molecule has 0 saturated carbocycles. The molecule has 0 aliphatic heterocycles. The SMILES string of the molecule is CNCCCc1c(C)nc(-c2ccc(F)cn2)nc1C. The third-order valence-corrected chi connectivity index (χ3v) is 3.23. The van der Waals surface area contributed by atoms with Gasteiger partial charge in [-0.25, -0.2) is 19.3 Å². The van der Waals surface area contributed by atoms with Crippen LogP contribution in [0.2, 0.25) is 0 Å². The lowest BCUT2D eigenvalue weighted by Crippen LogP contribution is -2.10. The van der Waals surface area contributed by atoms with Gasteiger partial charge < -0.3 is 5.32 Å². The molecule has 2 heterocycles. The Morgan fingerprint density at radius 1 is 1.15 bits per heavy atom. The Labute approximate surface area is 118 Å². The molecule has 1 N–H and O–H groups in total. The molecule has 0 bridgehead atoms. The highest BCUT2D eigenvalue weighted by molar-refractivity contribution is 5.50. The fourth-order valence-corrected chi connectivity index (χ4v) is 2.17. The van der Waals surface area contributed by atoms with Crippen molar-refractivity contribution >= 4 is 0 Å². The van der Waals surface area contributed by atoms with Crippen molar-refractivity contribution in [3.63, 3.8) is 0 Å². The molecular formula is C15H19FN4. The summed E-state index contributed by atoms with van der Waals surface area (Å²) in [6, 6.07) is 2.97. The number of halogens is 1. The van der Waals surface area contributed by atoms with Crippen molar-refractivity contribution in [2.45, 2.75) is 26.7 Å². The van der Waals surface area contributed by atoms with Gasteiger partial charge in [-0.3, -0.25) is 0 Å². The summed E-state index contributed by atoms with van der Waals surface area (Å²) in [6.45, 7) is 4.94. The molecule has 4 nitrogen and oxygen atoms in total. The smallest absolute Gasteiger partial charge is 0.178 e. The molecule has 5 heteroatoms. The molecule has 2 aromatic heterocycles. The van der Waals surface area contributed by atoms with E-state index in [0.29, 0.717) is 11.5 Å². The third kappa shape index (κ3) is 3.36. The number of pyridine rings is 1. The Balaban J connectivity index is 2.27. The van der Waals surface area contributed by atoms with E-state index in [1.54, 1.807) is 6.07 Å². The Bertz CT molecular complexity index is 558. The molecule has 0 aliphatic rings. The van der Waals surface area contributed by atoms with Crippen LogP contribution in [0.5, 0.6) is 0 Å². The van der Waals surface area contributed by atoms with Gasteiger partial charge >= 0.3 is 0 Å². The van der Waals surface area contributed by atoms with E-state index in [2.05, 4.69) is 20.3 Å². The number of nitrogens with one attached hydrogen (secondary N) is 1. The molecule has 0 saturated heterocycles. The maximum absolute atomic E-state index is 12.9. The normalized spacial score (nSPS) is 10.8. The van der Waals surface area contributed by atoms with E-state index < -0.39 is 0 Å². The fraction of sp³-hybridized carbons (Fsp3) is 0.400. The van der Waals surface area contributed by atoms with Gasteiger partial charge in [0.15, 0.2) is 5.82 Å². The average molecular weight is 274 g/mol. The van der Waals surface area contributed by atoms with Gasteiger partial charge in [0.1, 0.15) is 11.5 Å². The van der Waals surface area contributed by atoms with Crippen LogP contribution in [0, 0.1) is 19.7 Å². The first-order valence-corrected chi connectivity index (χ1v) is 6.72. The van der Waals surface area contributed by atoms with E-state index in [4.69, 9.17) is 0 Å². The maximum Gasteiger partial charge on any atom is 0.178 e. The summed E-state index contributed by atoms with van der Waals surface area (Å²) >= 11 is 0. The summed E-state index contributed by atoms with van der Waals surface area (Å²) < 4.78 is 12.9. The van der Waals surface area contributed by atoms with Crippen molar-refractivity contribution in [3.8, 4) is 11.5 Å². The van der Waals surface area contributed by atoms with Crippen LogP contribution in [0.1, 0.15) is 23.4 Å². The van der Waals surface area contributed by atoms with E-state index >= 15 is 0 Å². The van der Waals surface area contributed by atoms with Crippen LogP contribution < -0.4 is 5.32 Å². The van der Waals surface area contributed by atoms with Gasteiger partial charge in [-0.15, -0.1) is 0 Å². The molecular weight excluding hydrogens is 255 g/mol. The van der Waals surface area contributed by atoms with Crippen LogP contribution in [-0.2, 0) is 6.42 Å². The zero-order valence-electron chi connectivity index (χ0n) is 12.1. The van der Waals surface area contributed by atoms with Gasteiger partial charge in [0, 0.05) is 11.4 Å². The zero-order chi connectivity index (χ0) is 14.5. The minimum Gasteiger partial charge on any atom is -0.320 e. The molecule has 0 spiro atoms. The molecule has 0 aliphatic carbocycles. The number of nitrogens with zero attached hydrogens (tertiary/aromatic N) is 3. The van der Waals surface area contributed by atoms with Crippen LogP contribution in [0.4, 0.5) is 4.39 Å². The maximum atomic E-state index is 12.9. The highest BCUT2D eigenvalue weighted by Gasteiger charge is 2.10. The lowest BCUT2D eigenvalue weighted by atomic mass is 10.1. The van der Waals surface area contributed by atoms with Crippen molar-refractivity contribution in [3.05, 3.63) is 41.1 Å². The first-order chi connectivity index (χ1) is 9.61. The Morgan fingerprint density at radius 2 is 1.85 bits per heavy atom. The van der Waals surface area contributed by atoms with Crippen molar-refractivity contribution in [1.82, 2.24) is 20.3 Å². The van der Waals surface area contributed by atoms with E-state index in [0.717, 1.165) is 30.8 Å². The number of rotatable bonds is 5. The Kier molecular flexibility index (Phi) is 4.74. The molecule has 0 radical (unpaired) electrons. The van der Waals surface area contributed by atoms with Crippen LogP contribution in [0.3, 0.4) is 0 Å². The van der Waals surface area contributed by atoms with Gasteiger partial charge in [-0.05, 0) is 58.0 Å². The number of hydrogen-bond donors (Lipinski definition) is 1. The average Bonchev–Trinajstić information content (AvgIpc) is 2.42. The molecule has 106 valence electrons. The van der Waals surface area contributed by atoms with E-state index in [1.807, 2.05) is 20.9 Å². The van der Waals surface area contributed by atoms with Gasteiger partial charge in [0.2, 0.25) is 0 Å². The summed E-state index contributed by atoms with van der Waals surface area (Å²) in [7, 11) is 1.94. The monoisotopic (exact) mass is 274 g/mol. The molecule has 2 rings (SSSR count). The summed E-state index contributed by atoms with van der Waals surface area (Å²) in [5, 5.41) is 3.13. The van der Waals surface area contributed by atoms with Gasteiger partial charge in [-0.2, -0.15) is 0 Å². The van der Waals surface area contributed by atoms with Crippen molar-refractivity contribution in [2.24, 2.45) is 0 Å². The first kappa shape index (κ1) is 14.5. The highest BCUT2D eigenvalue weighted by Crippen LogP contribution is 2.18. The minimum absolute atomic E-state index is 0.356. The summed E-state index contributed by atoms with van der Waals surface area (Å²) in [5.74, 6) is 0.197. The molecule has 2 aromatic rings. The van der Waals surface area contributed by atoms with Crippen LogP contribution in [0.15, 0.2) is 18.3 Å². The summed E-state index contributed by atoms with van der Waals surface area (Å²) in [6.07, 6.45) is 3.19. The number of aryl methyl sites for hydroxylation is 2. The van der Waals surface area contributed by atoms with Crippen LogP contribution in [-0.4, -0.2) is 28.5 Å². The van der Waals surface area contributed by atoms with Crippen LogP contribution in [0.25, 0.3) is 11.5 Å². The van der Waals surface area contributed by atoms with Crippen molar-refractivity contribution < 1.29 is 4.39 Å². The van der Waals surface area contributed by atoms with E-state index in [-0.39, 0.29) is 5.82 Å². The lowest BCUT2D eigenvalue weighted by molar-refractivity contribution is 0.621. The van der Waals surface area contributed by atoms with Crippen LogP contribution >= 0.6 is 0 Å². The minimum atomic E-state index is -0.356. The standard InChI is InChI=1S/C15H19FN4/c1-10-13(5-4-8-17-3)11(2)20-15(19-10)14-7-6-12(16)9-18-14/h6-7,9,17H,4-5,8H2,1-3H3. The predicted octanol–water partition coefficient (Wildman–Crippen LogP) is 2.45. The Morgan fingerprint density at radius 3 is 2.40 bits per heavy atom. The second-order valence-electron chi connectivity index (χ2n) is 4.77. The molecule has 0 fully saturated rings. The zero-order valence-corrected chi connectivity index (χ0v) is 12.1. The lowest BCUT2D eigenvalue weighted by Gasteiger charge is -2.10. The first-order valence-electron chi connectivity index (χ1n) is 6.72. The highest BCUT2D eigenvalue weighted by atomic mass is 19.1.